The fourth-order valence-electron chi connectivity index (χ4n) is 2.11. The van der Waals surface area contributed by atoms with E-state index in [4.69, 9.17) is 9.84 Å². The van der Waals surface area contributed by atoms with E-state index in [0.29, 0.717) is 13.2 Å². The number of hydrogen-bond acceptors (Lipinski definition) is 3. The molecule has 1 aromatic carbocycles. The molecule has 0 saturated carbocycles. The first-order valence-electron chi connectivity index (χ1n) is 6.50. The lowest BCUT2D eigenvalue weighted by atomic mass is 10.0. The van der Waals surface area contributed by atoms with Crippen molar-refractivity contribution in [3.63, 3.8) is 0 Å². The lowest BCUT2D eigenvalue weighted by Crippen LogP contribution is -2.40. The summed E-state index contributed by atoms with van der Waals surface area (Å²) in [7, 11) is 1.58. The van der Waals surface area contributed by atoms with E-state index in [-0.39, 0.29) is 24.9 Å². The van der Waals surface area contributed by atoms with Crippen LogP contribution in [0.5, 0.6) is 5.75 Å². The van der Waals surface area contributed by atoms with Crippen LogP contribution in [-0.4, -0.2) is 48.8 Å². The van der Waals surface area contributed by atoms with Gasteiger partial charge in [0, 0.05) is 31.6 Å². The Balaban J connectivity index is 1.81. The van der Waals surface area contributed by atoms with E-state index in [1.54, 1.807) is 7.05 Å². The maximum Gasteiger partial charge on any atom is 0.317 e. The molecule has 0 saturated heterocycles. The van der Waals surface area contributed by atoms with E-state index >= 15 is 0 Å². The number of nitrogens with one attached hydrogen (secondary N) is 1. The van der Waals surface area contributed by atoms with Gasteiger partial charge in [-0.3, -0.25) is 4.79 Å². The molecule has 0 fully saturated rings. The lowest BCUT2D eigenvalue weighted by Gasteiger charge is -2.18. The van der Waals surface area contributed by atoms with Crippen LogP contribution in [0.4, 0.5) is 4.79 Å². The highest BCUT2D eigenvalue weighted by Crippen LogP contribution is 2.32. The molecule has 2 amide bonds. The molecule has 1 aliphatic heterocycles. The number of carbonyl (C=O) groups excluding carboxylic acids is 1. The van der Waals surface area contributed by atoms with Crippen molar-refractivity contribution in [2.75, 3.05) is 26.7 Å². The second-order valence-corrected chi connectivity index (χ2v) is 4.80. The molecular weight excluding hydrogens is 260 g/mol. The van der Waals surface area contributed by atoms with E-state index in [2.05, 4.69) is 5.32 Å². The van der Waals surface area contributed by atoms with Gasteiger partial charge in [-0.05, 0) is 6.07 Å². The monoisotopic (exact) mass is 278 g/mol. The van der Waals surface area contributed by atoms with Gasteiger partial charge in [-0.2, -0.15) is 0 Å². The van der Waals surface area contributed by atoms with Gasteiger partial charge in [-0.1, -0.05) is 18.2 Å². The van der Waals surface area contributed by atoms with Crippen molar-refractivity contribution < 1.29 is 19.4 Å². The van der Waals surface area contributed by atoms with Gasteiger partial charge in [0.05, 0.1) is 13.0 Å². The molecule has 1 heterocycles. The average molecular weight is 278 g/mol. The Kier molecular flexibility index (Phi) is 4.45. The minimum Gasteiger partial charge on any atom is -0.493 e. The number of nitrogens with zero attached hydrogens (tertiary/aromatic N) is 1. The van der Waals surface area contributed by atoms with Gasteiger partial charge < -0.3 is 20.1 Å². The summed E-state index contributed by atoms with van der Waals surface area (Å²) in [5.74, 6) is 0.0942. The van der Waals surface area contributed by atoms with Gasteiger partial charge >= 0.3 is 12.0 Å². The Morgan fingerprint density at radius 2 is 2.20 bits per heavy atom. The Morgan fingerprint density at radius 3 is 2.95 bits per heavy atom. The molecule has 2 rings (SSSR count). The average Bonchev–Trinajstić information content (AvgIpc) is 2.85. The Morgan fingerprint density at radius 1 is 1.45 bits per heavy atom. The number of urea groups is 1. The minimum absolute atomic E-state index is 0.0563. The van der Waals surface area contributed by atoms with E-state index in [0.717, 1.165) is 11.3 Å². The van der Waals surface area contributed by atoms with Crippen LogP contribution >= 0.6 is 0 Å². The van der Waals surface area contributed by atoms with Crippen LogP contribution in [0.3, 0.4) is 0 Å². The third-order valence-electron chi connectivity index (χ3n) is 3.31. The van der Waals surface area contributed by atoms with E-state index < -0.39 is 5.97 Å². The molecule has 108 valence electrons. The van der Waals surface area contributed by atoms with E-state index in [1.165, 1.54) is 4.90 Å². The molecule has 0 bridgehead atoms. The van der Waals surface area contributed by atoms with Crippen LogP contribution in [0, 0.1) is 0 Å². The van der Waals surface area contributed by atoms with Crippen LogP contribution < -0.4 is 10.1 Å². The second kappa shape index (κ2) is 6.27. The van der Waals surface area contributed by atoms with Crippen molar-refractivity contribution in [2.45, 2.75) is 12.3 Å². The highest BCUT2D eigenvalue weighted by molar-refractivity contribution is 5.75. The largest absolute Gasteiger partial charge is 0.493 e. The number of amides is 2. The predicted molar refractivity (Wildman–Crippen MR) is 73.0 cm³/mol. The molecule has 0 spiro atoms. The topological polar surface area (TPSA) is 78.9 Å². The fourth-order valence-corrected chi connectivity index (χ4v) is 2.11. The van der Waals surface area contributed by atoms with Gasteiger partial charge in [0.25, 0.3) is 0 Å². The molecule has 1 aliphatic rings. The van der Waals surface area contributed by atoms with Gasteiger partial charge in [0.2, 0.25) is 0 Å². The van der Waals surface area contributed by atoms with Gasteiger partial charge in [-0.15, -0.1) is 0 Å². The van der Waals surface area contributed by atoms with Crippen molar-refractivity contribution in [1.82, 2.24) is 10.2 Å². The molecule has 1 unspecified atom stereocenters. The molecule has 0 radical (unpaired) electrons. The SMILES string of the molecule is CN(CCC(=O)O)C(=O)NCC1COc2ccccc21. The number of carboxylic acid groups (broad SMARTS) is 1. The number of rotatable bonds is 5. The van der Waals surface area contributed by atoms with Crippen LogP contribution in [0.2, 0.25) is 0 Å². The first-order chi connectivity index (χ1) is 9.58. The maximum absolute atomic E-state index is 11.8. The van der Waals surface area contributed by atoms with Gasteiger partial charge in [0.15, 0.2) is 0 Å². The van der Waals surface area contributed by atoms with Crippen LogP contribution in [0.15, 0.2) is 24.3 Å². The minimum atomic E-state index is -0.914. The predicted octanol–water partition coefficient (Wildman–Crippen LogP) is 1.28. The Bertz CT molecular complexity index is 504. The quantitative estimate of drug-likeness (QED) is 0.850. The molecule has 0 aliphatic carbocycles. The zero-order chi connectivity index (χ0) is 14.5. The van der Waals surface area contributed by atoms with Crippen molar-refractivity contribution >= 4 is 12.0 Å². The third kappa shape index (κ3) is 3.40. The van der Waals surface area contributed by atoms with Gasteiger partial charge in [0.1, 0.15) is 5.75 Å². The normalized spacial score (nSPS) is 16.1. The number of benzene rings is 1. The standard InChI is InChI=1S/C14H18N2O4/c1-16(7-6-13(17)18)14(19)15-8-10-9-20-12-5-3-2-4-11(10)12/h2-5,10H,6-9H2,1H3,(H,15,19)(H,17,18). The Hall–Kier alpha value is -2.24. The van der Waals surface area contributed by atoms with E-state index in [9.17, 15) is 9.59 Å². The second-order valence-electron chi connectivity index (χ2n) is 4.80. The summed E-state index contributed by atoms with van der Waals surface area (Å²) in [5.41, 5.74) is 1.10. The summed E-state index contributed by atoms with van der Waals surface area (Å²) in [6.07, 6.45) is -0.0563. The summed E-state index contributed by atoms with van der Waals surface area (Å²) < 4.78 is 5.54. The number of aliphatic carboxylic acids is 1. The van der Waals surface area contributed by atoms with Crippen molar-refractivity contribution in [2.24, 2.45) is 0 Å². The van der Waals surface area contributed by atoms with Crippen molar-refractivity contribution in [1.29, 1.82) is 0 Å². The Labute approximate surface area is 117 Å². The van der Waals surface area contributed by atoms with Crippen molar-refractivity contribution in [3.05, 3.63) is 29.8 Å². The number of hydrogen-bond donors (Lipinski definition) is 2. The molecule has 0 aromatic heterocycles. The zero-order valence-corrected chi connectivity index (χ0v) is 11.3. The number of para-hydroxylation sites is 1. The molecule has 1 aromatic rings. The highest BCUT2D eigenvalue weighted by atomic mass is 16.5. The summed E-state index contributed by atoms with van der Waals surface area (Å²) in [5, 5.41) is 11.4. The first kappa shape index (κ1) is 14.2. The molecule has 2 N–H and O–H groups in total. The lowest BCUT2D eigenvalue weighted by molar-refractivity contribution is -0.137. The summed E-state index contributed by atoms with van der Waals surface area (Å²) in [6.45, 7) is 1.23. The number of fused-ring (bicyclic) bond motifs is 1. The summed E-state index contributed by atoms with van der Waals surface area (Å²) in [4.78, 5) is 23.6. The van der Waals surface area contributed by atoms with Crippen LogP contribution in [0.25, 0.3) is 0 Å². The number of ether oxygens (including phenoxy) is 1. The summed E-state index contributed by atoms with van der Waals surface area (Å²) >= 11 is 0. The fraction of sp³-hybridized carbons (Fsp3) is 0.429. The molecule has 6 heteroatoms. The van der Waals surface area contributed by atoms with Gasteiger partial charge in [-0.25, -0.2) is 4.79 Å². The maximum atomic E-state index is 11.8. The smallest absolute Gasteiger partial charge is 0.317 e. The molecular formula is C14H18N2O4. The number of carboxylic acids is 1. The molecule has 20 heavy (non-hydrogen) atoms. The van der Waals surface area contributed by atoms with Crippen LogP contribution in [0.1, 0.15) is 17.9 Å². The van der Waals surface area contributed by atoms with Crippen molar-refractivity contribution in [3.8, 4) is 5.75 Å². The highest BCUT2D eigenvalue weighted by Gasteiger charge is 2.24. The molecule has 6 nitrogen and oxygen atoms in total. The first-order valence-corrected chi connectivity index (χ1v) is 6.50. The van der Waals surface area contributed by atoms with Crippen LogP contribution in [-0.2, 0) is 4.79 Å². The zero-order valence-electron chi connectivity index (χ0n) is 11.3. The third-order valence-corrected chi connectivity index (χ3v) is 3.31. The molecule has 1 atom stereocenters. The van der Waals surface area contributed by atoms with E-state index in [1.807, 2.05) is 24.3 Å². The number of carbonyl (C=O) groups is 2. The summed E-state index contributed by atoms with van der Waals surface area (Å²) in [6, 6.07) is 7.50.